The summed E-state index contributed by atoms with van der Waals surface area (Å²) in [5.41, 5.74) is 4.84. The first-order chi connectivity index (χ1) is 11.5. The Labute approximate surface area is 144 Å². The monoisotopic (exact) mass is 329 g/mol. The maximum Gasteiger partial charge on any atom is 0.161 e. The second-order valence-electron chi connectivity index (χ2n) is 5.92. The smallest absolute Gasteiger partial charge is 0.161 e. The zero-order valence-electron chi connectivity index (χ0n) is 15.2. The van der Waals surface area contributed by atoms with Gasteiger partial charge in [-0.3, -0.25) is 0 Å². The Morgan fingerprint density at radius 3 is 2.38 bits per heavy atom. The van der Waals surface area contributed by atoms with E-state index in [0.29, 0.717) is 13.2 Å². The van der Waals surface area contributed by atoms with Crippen molar-refractivity contribution in [2.24, 2.45) is 0 Å². The van der Waals surface area contributed by atoms with Gasteiger partial charge in [-0.25, -0.2) is 0 Å². The van der Waals surface area contributed by atoms with E-state index < -0.39 is 0 Å². The van der Waals surface area contributed by atoms with E-state index in [9.17, 15) is 0 Å². The first-order valence-corrected chi connectivity index (χ1v) is 8.18. The number of hydrogen-bond acceptors (Lipinski definition) is 4. The number of benzene rings is 2. The van der Waals surface area contributed by atoms with Crippen LogP contribution in [0.15, 0.2) is 36.4 Å². The second kappa shape index (κ2) is 8.60. The van der Waals surface area contributed by atoms with Gasteiger partial charge in [0, 0.05) is 18.8 Å². The van der Waals surface area contributed by atoms with Gasteiger partial charge in [-0.2, -0.15) is 0 Å². The van der Waals surface area contributed by atoms with Crippen molar-refractivity contribution >= 4 is 5.69 Å². The lowest BCUT2D eigenvalue weighted by atomic mass is 10.1. The van der Waals surface area contributed by atoms with Crippen molar-refractivity contribution in [3.05, 3.63) is 53.1 Å². The van der Waals surface area contributed by atoms with Gasteiger partial charge in [0.1, 0.15) is 6.61 Å². The van der Waals surface area contributed by atoms with Crippen LogP contribution < -0.4 is 14.8 Å². The fourth-order valence-corrected chi connectivity index (χ4v) is 2.47. The predicted molar refractivity (Wildman–Crippen MR) is 98.3 cm³/mol. The Bertz CT molecular complexity index is 670. The van der Waals surface area contributed by atoms with E-state index in [4.69, 9.17) is 14.2 Å². The molecule has 0 aliphatic carbocycles. The van der Waals surface area contributed by atoms with Gasteiger partial charge in [0.25, 0.3) is 0 Å². The van der Waals surface area contributed by atoms with Crippen LogP contribution in [0.1, 0.15) is 29.7 Å². The molecule has 2 aromatic carbocycles. The topological polar surface area (TPSA) is 39.7 Å². The first-order valence-electron chi connectivity index (χ1n) is 8.18. The van der Waals surface area contributed by atoms with Gasteiger partial charge in [-0.15, -0.1) is 0 Å². The van der Waals surface area contributed by atoms with E-state index in [0.717, 1.165) is 22.7 Å². The van der Waals surface area contributed by atoms with Gasteiger partial charge in [0.05, 0.1) is 13.7 Å². The van der Waals surface area contributed by atoms with Crippen molar-refractivity contribution in [2.45, 2.75) is 26.8 Å². The molecule has 4 nitrogen and oxygen atoms in total. The number of rotatable bonds is 8. The molecule has 0 saturated heterocycles. The highest BCUT2D eigenvalue weighted by Gasteiger charge is 2.11. The molecule has 1 N–H and O–H groups in total. The summed E-state index contributed by atoms with van der Waals surface area (Å²) in [7, 11) is 3.31. The van der Waals surface area contributed by atoms with Gasteiger partial charge in [-0.1, -0.05) is 12.1 Å². The number of hydrogen-bond donors (Lipinski definition) is 1. The van der Waals surface area contributed by atoms with E-state index in [-0.39, 0.29) is 6.04 Å². The molecular weight excluding hydrogens is 302 g/mol. The molecule has 0 bridgehead atoms. The second-order valence-corrected chi connectivity index (χ2v) is 5.92. The van der Waals surface area contributed by atoms with Crippen molar-refractivity contribution in [1.29, 1.82) is 0 Å². The molecule has 4 heteroatoms. The highest BCUT2D eigenvalue weighted by atomic mass is 16.5. The average molecular weight is 329 g/mol. The van der Waals surface area contributed by atoms with Gasteiger partial charge < -0.3 is 19.5 Å². The lowest BCUT2D eigenvalue weighted by Crippen LogP contribution is -2.08. The number of methoxy groups -OCH3 is 2. The lowest BCUT2D eigenvalue weighted by Gasteiger charge is -2.19. The lowest BCUT2D eigenvalue weighted by molar-refractivity contribution is 0.144. The Morgan fingerprint density at radius 2 is 1.71 bits per heavy atom. The van der Waals surface area contributed by atoms with E-state index in [2.05, 4.69) is 50.4 Å². The number of ether oxygens (including phenoxy) is 3. The Balaban J connectivity index is 2.10. The minimum absolute atomic E-state index is 0.161. The summed E-state index contributed by atoms with van der Waals surface area (Å²) >= 11 is 0. The number of nitrogens with one attached hydrogen (secondary N) is 1. The molecule has 0 heterocycles. The molecule has 24 heavy (non-hydrogen) atoms. The van der Waals surface area contributed by atoms with Crippen LogP contribution in [0.2, 0.25) is 0 Å². The SMILES string of the molecule is COCCOc1ccc([C@@H](C)Nc2ccc(C)c(C)c2)cc1OC. The molecular formula is C20H27NO3. The van der Waals surface area contributed by atoms with E-state index in [1.54, 1.807) is 14.2 Å². The van der Waals surface area contributed by atoms with E-state index >= 15 is 0 Å². The van der Waals surface area contributed by atoms with Crippen molar-refractivity contribution in [1.82, 2.24) is 0 Å². The average Bonchev–Trinajstić information content (AvgIpc) is 2.58. The number of aryl methyl sites for hydroxylation is 2. The quantitative estimate of drug-likeness (QED) is 0.723. The van der Waals surface area contributed by atoms with Crippen molar-refractivity contribution in [2.75, 3.05) is 32.8 Å². The molecule has 1 atom stereocenters. The van der Waals surface area contributed by atoms with Crippen LogP contribution >= 0.6 is 0 Å². The standard InChI is InChI=1S/C20H27NO3/c1-14-6-8-18(12-15(14)2)21-16(3)17-7-9-19(20(13-17)23-5)24-11-10-22-4/h6-9,12-13,16,21H,10-11H2,1-5H3/t16-/m1/s1. The van der Waals surface area contributed by atoms with Crippen LogP contribution in [0.5, 0.6) is 11.5 Å². The summed E-state index contributed by atoms with van der Waals surface area (Å²) in [6.45, 7) is 7.43. The minimum atomic E-state index is 0.161. The number of anilines is 1. The molecule has 0 radical (unpaired) electrons. The largest absolute Gasteiger partial charge is 0.493 e. The fraction of sp³-hybridized carbons (Fsp3) is 0.400. The van der Waals surface area contributed by atoms with E-state index in [1.807, 2.05) is 12.1 Å². The van der Waals surface area contributed by atoms with Crippen LogP contribution in [-0.2, 0) is 4.74 Å². The highest BCUT2D eigenvalue weighted by molar-refractivity contribution is 5.51. The zero-order valence-corrected chi connectivity index (χ0v) is 15.2. The predicted octanol–water partition coefficient (Wildman–Crippen LogP) is 4.51. The summed E-state index contributed by atoms with van der Waals surface area (Å²) in [6.07, 6.45) is 0. The molecule has 130 valence electrons. The van der Waals surface area contributed by atoms with Crippen LogP contribution in [0, 0.1) is 13.8 Å². The third-order valence-electron chi connectivity index (χ3n) is 4.12. The van der Waals surface area contributed by atoms with Crippen LogP contribution in [0.3, 0.4) is 0 Å². The molecule has 0 aromatic heterocycles. The molecule has 0 spiro atoms. The summed E-state index contributed by atoms with van der Waals surface area (Å²) in [4.78, 5) is 0. The zero-order chi connectivity index (χ0) is 17.5. The molecule has 0 aliphatic rings. The Morgan fingerprint density at radius 1 is 0.917 bits per heavy atom. The normalized spacial score (nSPS) is 11.9. The van der Waals surface area contributed by atoms with Gasteiger partial charge in [-0.05, 0) is 61.7 Å². The molecule has 0 saturated carbocycles. The van der Waals surface area contributed by atoms with Crippen LogP contribution in [-0.4, -0.2) is 27.4 Å². The molecule has 0 aliphatic heterocycles. The van der Waals surface area contributed by atoms with Crippen LogP contribution in [0.4, 0.5) is 5.69 Å². The van der Waals surface area contributed by atoms with Gasteiger partial charge >= 0.3 is 0 Å². The van der Waals surface area contributed by atoms with E-state index in [1.165, 1.54) is 11.1 Å². The first kappa shape index (κ1) is 18.1. The Kier molecular flexibility index (Phi) is 6.50. The maximum atomic E-state index is 5.68. The molecule has 0 amide bonds. The van der Waals surface area contributed by atoms with Crippen molar-refractivity contribution in [3.63, 3.8) is 0 Å². The van der Waals surface area contributed by atoms with Crippen molar-refractivity contribution in [3.8, 4) is 11.5 Å². The summed E-state index contributed by atoms with van der Waals surface area (Å²) in [6, 6.07) is 12.6. The van der Waals surface area contributed by atoms with Gasteiger partial charge in [0.2, 0.25) is 0 Å². The maximum absolute atomic E-state index is 5.68. The van der Waals surface area contributed by atoms with Gasteiger partial charge in [0.15, 0.2) is 11.5 Å². The summed E-state index contributed by atoms with van der Waals surface area (Å²) in [5, 5.41) is 3.53. The molecule has 2 aromatic rings. The summed E-state index contributed by atoms with van der Waals surface area (Å²) < 4.78 is 16.1. The summed E-state index contributed by atoms with van der Waals surface area (Å²) in [5.74, 6) is 1.47. The Hall–Kier alpha value is -2.20. The minimum Gasteiger partial charge on any atom is -0.493 e. The fourth-order valence-electron chi connectivity index (χ4n) is 2.47. The third-order valence-corrected chi connectivity index (χ3v) is 4.12. The third kappa shape index (κ3) is 4.65. The van der Waals surface area contributed by atoms with Crippen LogP contribution in [0.25, 0.3) is 0 Å². The molecule has 0 unspecified atom stereocenters. The molecule has 0 fully saturated rings. The van der Waals surface area contributed by atoms with Crippen molar-refractivity contribution < 1.29 is 14.2 Å². The highest BCUT2D eigenvalue weighted by Crippen LogP contribution is 2.31. The molecule has 2 rings (SSSR count).